The number of hydrogen-bond donors (Lipinski definition) is 2. The minimum absolute atomic E-state index is 0.0845. The van der Waals surface area contributed by atoms with Crippen molar-refractivity contribution in [1.82, 2.24) is 10.3 Å². The summed E-state index contributed by atoms with van der Waals surface area (Å²) >= 11 is 0. The zero-order valence-electron chi connectivity index (χ0n) is 12.3. The molecule has 1 amide bonds. The van der Waals surface area contributed by atoms with E-state index >= 15 is 0 Å². The van der Waals surface area contributed by atoms with E-state index in [4.69, 9.17) is 4.42 Å². The highest BCUT2D eigenvalue weighted by Gasteiger charge is 2.08. The number of carbonyl (C=O) groups excluding carboxylic acids is 1. The summed E-state index contributed by atoms with van der Waals surface area (Å²) in [5.41, 5.74) is 1.04. The molecule has 6 heteroatoms. The van der Waals surface area contributed by atoms with Gasteiger partial charge in [-0.2, -0.15) is 0 Å². The summed E-state index contributed by atoms with van der Waals surface area (Å²) in [4.78, 5) is 27.8. The lowest BCUT2D eigenvalue weighted by molar-refractivity contribution is -0.115. The molecule has 2 aromatic heterocycles. The average Bonchev–Trinajstić information content (AvgIpc) is 2.56. The summed E-state index contributed by atoms with van der Waals surface area (Å²) in [6.07, 6.45) is 3.41. The monoisotopic (exact) mass is 309 g/mol. The fourth-order valence-corrected chi connectivity index (χ4v) is 2.17. The van der Waals surface area contributed by atoms with Gasteiger partial charge < -0.3 is 15.1 Å². The molecule has 0 spiro atoms. The van der Waals surface area contributed by atoms with Crippen molar-refractivity contribution < 1.29 is 9.21 Å². The summed E-state index contributed by atoms with van der Waals surface area (Å²) in [6, 6.07) is 12.5. The molecule has 0 saturated heterocycles. The van der Waals surface area contributed by atoms with Crippen molar-refractivity contribution >= 4 is 22.6 Å². The number of pyridine rings is 1. The Labute approximate surface area is 132 Å². The molecule has 0 fully saturated rings. The Hall–Kier alpha value is -2.99. The molecule has 116 valence electrons. The summed E-state index contributed by atoms with van der Waals surface area (Å²) in [6.45, 7) is 0.606. The minimum Gasteiger partial charge on any atom is -0.421 e. The van der Waals surface area contributed by atoms with Gasteiger partial charge in [0, 0.05) is 24.3 Å². The quantitative estimate of drug-likeness (QED) is 0.703. The molecule has 2 heterocycles. The van der Waals surface area contributed by atoms with E-state index in [-0.39, 0.29) is 18.1 Å². The fourth-order valence-electron chi connectivity index (χ4n) is 2.17. The number of nitrogens with one attached hydrogen (secondary N) is 2. The molecule has 0 atom stereocenters. The molecule has 2 N–H and O–H groups in total. The van der Waals surface area contributed by atoms with Crippen LogP contribution in [0.4, 0.5) is 5.69 Å². The lowest BCUT2D eigenvalue weighted by atomic mass is 10.2. The Bertz CT molecular complexity index is 875. The second-order valence-corrected chi connectivity index (χ2v) is 5.00. The van der Waals surface area contributed by atoms with Gasteiger partial charge in [0.15, 0.2) is 0 Å². The van der Waals surface area contributed by atoms with E-state index in [0.717, 1.165) is 10.9 Å². The topological polar surface area (TPSA) is 84.2 Å². The van der Waals surface area contributed by atoms with E-state index < -0.39 is 5.63 Å². The molecule has 0 aliphatic heterocycles. The van der Waals surface area contributed by atoms with Crippen LogP contribution >= 0.6 is 0 Å². The minimum atomic E-state index is -0.565. The number of aromatic nitrogens is 1. The number of nitrogens with zero attached hydrogens (tertiary/aromatic N) is 1. The Morgan fingerprint density at radius 3 is 2.87 bits per heavy atom. The Morgan fingerprint density at radius 1 is 1.17 bits per heavy atom. The average molecular weight is 309 g/mol. The first-order valence-electron chi connectivity index (χ1n) is 7.15. The van der Waals surface area contributed by atoms with Crippen LogP contribution in [0.2, 0.25) is 0 Å². The molecular weight excluding hydrogens is 294 g/mol. The molecule has 1 aromatic carbocycles. The second kappa shape index (κ2) is 6.85. The first kappa shape index (κ1) is 14.9. The van der Waals surface area contributed by atoms with Gasteiger partial charge in [0.1, 0.15) is 11.3 Å². The first-order chi connectivity index (χ1) is 11.2. The number of amides is 1. The van der Waals surface area contributed by atoms with Crippen molar-refractivity contribution in [1.29, 1.82) is 0 Å². The van der Waals surface area contributed by atoms with Crippen LogP contribution in [0.3, 0.4) is 0 Å². The van der Waals surface area contributed by atoms with E-state index in [1.165, 1.54) is 0 Å². The lowest BCUT2D eigenvalue weighted by Crippen LogP contribution is -2.29. The third kappa shape index (κ3) is 3.81. The van der Waals surface area contributed by atoms with Crippen LogP contribution < -0.4 is 16.3 Å². The first-order valence-corrected chi connectivity index (χ1v) is 7.15. The third-order valence-corrected chi connectivity index (χ3v) is 3.25. The molecule has 0 unspecified atom stereocenters. The maximum atomic E-state index is 11.9. The smallest absolute Gasteiger partial charge is 0.360 e. The van der Waals surface area contributed by atoms with Crippen molar-refractivity contribution in [2.75, 3.05) is 11.9 Å². The van der Waals surface area contributed by atoms with Gasteiger partial charge in [0.05, 0.1) is 6.54 Å². The predicted molar refractivity (Wildman–Crippen MR) is 87.1 cm³/mol. The molecule has 6 nitrogen and oxygen atoms in total. The predicted octanol–water partition coefficient (Wildman–Crippen LogP) is 1.92. The van der Waals surface area contributed by atoms with Crippen LogP contribution in [0.5, 0.6) is 0 Å². The number of para-hydroxylation sites is 1. The Kier molecular flexibility index (Phi) is 4.44. The Morgan fingerprint density at radius 2 is 2.04 bits per heavy atom. The number of carbonyl (C=O) groups is 1. The van der Waals surface area contributed by atoms with Gasteiger partial charge in [0.2, 0.25) is 5.91 Å². The summed E-state index contributed by atoms with van der Waals surface area (Å²) < 4.78 is 5.17. The number of benzene rings is 1. The third-order valence-electron chi connectivity index (χ3n) is 3.25. The van der Waals surface area contributed by atoms with Gasteiger partial charge >= 0.3 is 5.63 Å². The number of rotatable bonds is 5. The van der Waals surface area contributed by atoms with Crippen molar-refractivity contribution in [3.63, 3.8) is 0 Å². The number of fused-ring (bicyclic) bond motifs is 1. The molecule has 23 heavy (non-hydrogen) atoms. The molecule has 0 saturated carbocycles. The largest absolute Gasteiger partial charge is 0.421 e. The highest BCUT2D eigenvalue weighted by Crippen LogP contribution is 2.14. The zero-order chi connectivity index (χ0) is 16.1. The van der Waals surface area contributed by atoms with Crippen LogP contribution in [-0.4, -0.2) is 17.4 Å². The normalized spacial score (nSPS) is 10.6. The van der Waals surface area contributed by atoms with Crippen LogP contribution in [0.15, 0.2) is 64.1 Å². The van der Waals surface area contributed by atoms with Crippen molar-refractivity contribution in [2.24, 2.45) is 0 Å². The molecule has 0 aliphatic rings. The zero-order valence-corrected chi connectivity index (χ0v) is 12.3. The molecular formula is C17H15N3O3. The van der Waals surface area contributed by atoms with Crippen molar-refractivity contribution in [2.45, 2.75) is 6.54 Å². The molecule has 0 aliphatic carbocycles. The molecule has 3 aromatic rings. The Balaban J connectivity index is 1.61. The summed E-state index contributed by atoms with van der Waals surface area (Å²) in [5, 5.41) is 6.31. The maximum Gasteiger partial charge on any atom is 0.360 e. The van der Waals surface area contributed by atoms with Gasteiger partial charge in [-0.3, -0.25) is 9.78 Å². The van der Waals surface area contributed by atoms with Crippen LogP contribution in [0.25, 0.3) is 11.0 Å². The van der Waals surface area contributed by atoms with Crippen LogP contribution in [0.1, 0.15) is 5.56 Å². The van der Waals surface area contributed by atoms with E-state index in [2.05, 4.69) is 15.6 Å². The number of hydrogen-bond acceptors (Lipinski definition) is 5. The van der Waals surface area contributed by atoms with Gasteiger partial charge in [-0.05, 0) is 23.8 Å². The fraction of sp³-hybridized carbons (Fsp3) is 0.118. The van der Waals surface area contributed by atoms with Crippen LogP contribution in [0, 0.1) is 0 Å². The summed E-state index contributed by atoms with van der Waals surface area (Å²) in [5.74, 6) is -0.309. The van der Waals surface area contributed by atoms with Gasteiger partial charge in [0.25, 0.3) is 0 Å². The SMILES string of the molecule is O=C(CNCc1cccnc1)Nc1cc2ccccc2oc1=O. The highest BCUT2D eigenvalue weighted by atomic mass is 16.4. The molecule has 3 rings (SSSR count). The highest BCUT2D eigenvalue weighted by molar-refractivity contribution is 5.93. The lowest BCUT2D eigenvalue weighted by Gasteiger charge is -2.06. The van der Waals surface area contributed by atoms with Gasteiger partial charge in [-0.25, -0.2) is 4.79 Å². The van der Waals surface area contributed by atoms with Crippen molar-refractivity contribution in [3.05, 3.63) is 70.8 Å². The number of anilines is 1. The maximum absolute atomic E-state index is 11.9. The van der Waals surface area contributed by atoms with E-state index in [1.807, 2.05) is 24.3 Å². The van der Waals surface area contributed by atoms with Gasteiger partial charge in [-0.1, -0.05) is 24.3 Å². The van der Waals surface area contributed by atoms with Crippen LogP contribution in [-0.2, 0) is 11.3 Å². The molecule has 0 bridgehead atoms. The van der Waals surface area contributed by atoms with Gasteiger partial charge in [-0.15, -0.1) is 0 Å². The van der Waals surface area contributed by atoms with E-state index in [0.29, 0.717) is 12.1 Å². The van der Waals surface area contributed by atoms with Crippen molar-refractivity contribution in [3.8, 4) is 0 Å². The standard InChI is InChI=1S/C17H15N3O3/c21-16(11-19-10-12-4-3-7-18-9-12)20-14-8-13-5-1-2-6-15(13)23-17(14)22/h1-9,19H,10-11H2,(H,20,21). The second-order valence-electron chi connectivity index (χ2n) is 5.00. The van der Waals surface area contributed by atoms with E-state index in [1.54, 1.807) is 30.6 Å². The van der Waals surface area contributed by atoms with E-state index in [9.17, 15) is 9.59 Å². The summed E-state index contributed by atoms with van der Waals surface area (Å²) in [7, 11) is 0. The molecule has 0 radical (unpaired) electrons.